The summed E-state index contributed by atoms with van der Waals surface area (Å²) in [7, 11) is 2.99. The Hall–Kier alpha value is -2.60. The van der Waals surface area contributed by atoms with Crippen molar-refractivity contribution in [1.82, 2.24) is 24.6 Å². The fraction of sp³-hybridized carbons (Fsp3) is 0.522. The van der Waals surface area contributed by atoms with E-state index in [1.54, 1.807) is 11.8 Å². The molecule has 2 atom stereocenters. The van der Waals surface area contributed by atoms with Crippen LogP contribution in [-0.2, 0) is 18.6 Å². The molecule has 35 heavy (non-hydrogen) atoms. The van der Waals surface area contributed by atoms with Crippen LogP contribution in [0.25, 0.3) is 11.6 Å². The highest BCUT2D eigenvalue weighted by Gasteiger charge is 2.62. The summed E-state index contributed by atoms with van der Waals surface area (Å²) in [5.74, 6) is 0.494. The van der Waals surface area contributed by atoms with Crippen LogP contribution in [-0.4, -0.2) is 57.1 Å². The number of methoxy groups -OCH3 is 1. The summed E-state index contributed by atoms with van der Waals surface area (Å²) < 4.78 is 67.6. The van der Waals surface area contributed by atoms with Gasteiger partial charge in [-0.3, -0.25) is 0 Å². The molecule has 0 radical (unpaired) electrons. The molecule has 1 aliphatic heterocycles. The predicted molar refractivity (Wildman–Crippen MR) is 121 cm³/mol. The Balaban J connectivity index is 1.19. The summed E-state index contributed by atoms with van der Waals surface area (Å²) in [5.41, 5.74) is -0.955. The highest BCUT2D eigenvalue weighted by Crippen LogP contribution is 2.60. The van der Waals surface area contributed by atoms with E-state index in [9.17, 15) is 13.2 Å². The van der Waals surface area contributed by atoms with Gasteiger partial charge in [-0.25, -0.2) is 9.37 Å². The van der Waals surface area contributed by atoms with Gasteiger partial charge < -0.3 is 18.6 Å². The van der Waals surface area contributed by atoms with Crippen molar-refractivity contribution in [3.63, 3.8) is 0 Å². The molecule has 2 aromatic heterocycles. The van der Waals surface area contributed by atoms with Gasteiger partial charge in [0, 0.05) is 31.3 Å². The van der Waals surface area contributed by atoms with Crippen LogP contribution in [0, 0.1) is 18.7 Å². The van der Waals surface area contributed by atoms with Crippen molar-refractivity contribution in [1.29, 1.82) is 0 Å². The summed E-state index contributed by atoms with van der Waals surface area (Å²) in [4.78, 5) is 6.30. The van der Waals surface area contributed by atoms with Crippen LogP contribution < -0.4 is 4.74 Å². The van der Waals surface area contributed by atoms with E-state index in [0.717, 1.165) is 43.2 Å². The van der Waals surface area contributed by atoms with Crippen LogP contribution in [0.1, 0.15) is 29.7 Å². The number of thioether (sulfide) groups is 1. The lowest BCUT2D eigenvalue weighted by Crippen LogP contribution is -2.28. The molecular weight excluding hydrogens is 486 g/mol. The van der Waals surface area contributed by atoms with E-state index in [-0.39, 0.29) is 11.5 Å². The zero-order valence-corrected chi connectivity index (χ0v) is 20.3. The Bertz CT molecular complexity index is 1240. The highest BCUT2D eigenvalue weighted by atomic mass is 32.2. The minimum absolute atomic E-state index is 0.154. The monoisotopic (exact) mass is 511 g/mol. The standard InChI is InChI=1S/C23H25F4N5O2S/c1-13-19(34-12-28-13)20-29-30-21(31(20)2)35-8-4-7-32-10-14-9-22(14,11-32)15-5-6-16(33-3)17(18(15)24)23(25,26)27/h5-6,12,14H,4,7-11H2,1-3H3. The van der Waals surface area contributed by atoms with Crippen molar-refractivity contribution in [3.8, 4) is 17.3 Å². The van der Waals surface area contributed by atoms with Crippen LogP contribution in [0.15, 0.2) is 28.1 Å². The van der Waals surface area contributed by atoms with E-state index in [2.05, 4.69) is 20.1 Å². The van der Waals surface area contributed by atoms with E-state index >= 15 is 4.39 Å². The first kappa shape index (κ1) is 24.1. The SMILES string of the molecule is COc1ccc(C23CC2CN(CCCSc2nnc(-c4ocnc4C)n2C)C3)c(F)c1C(F)(F)F. The van der Waals surface area contributed by atoms with Crippen molar-refractivity contribution >= 4 is 11.8 Å². The van der Waals surface area contributed by atoms with Gasteiger partial charge in [0.25, 0.3) is 0 Å². The second kappa shape index (κ2) is 8.81. The third-order valence-corrected chi connectivity index (χ3v) is 8.10. The van der Waals surface area contributed by atoms with Gasteiger partial charge in [-0.05, 0) is 43.9 Å². The van der Waals surface area contributed by atoms with Crippen LogP contribution in [0.2, 0.25) is 0 Å². The Kier molecular flexibility index (Phi) is 6.07. The second-order valence-corrected chi connectivity index (χ2v) is 10.2. The van der Waals surface area contributed by atoms with Gasteiger partial charge in [-0.1, -0.05) is 17.8 Å². The Morgan fingerprint density at radius 1 is 1.29 bits per heavy atom. The van der Waals surface area contributed by atoms with Crippen molar-refractivity contribution in [2.24, 2.45) is 13.0 Å². The second-order valence-electron chi connectivity index (χ2n) is 9.13. The molecule has 0 amide bonds. The minimum atomic E-state index is -4.81. The molecule has 1 saturated carbocycles. The molecule has 5 rings (SSSR count). The van der Waals surface area contributed by atoms with Crippen molar-refractivity contribution in [3.05, 3.63) is 41.2 Å². The molecule has 0 bridgehead atoms. The lowest BCUT2D eigenvalue weighted by atomic mass is 9.92. The van der Waals surface area contributed by atoms with E-state index in [1.165, 1.54) is 18.5 Å². The number of alkyl halides is 3. The van der Waals surface area contributed by atoms with Gasteiger partial charge in [0.2, 0.25) is 5.82 Å². The van der Waals surface area contributed by atoms with Crippen molar-refractivity contribution in [2.45, 2.75) is 36.5 Å². The molecular formula is C23H25F4N5O2S. The number of rotatable bonds is 8. The molecule has 2 fully saturated rings. The van der Waals surface area contributed by atoms with E-state index < -0.39 is 28.7 Å². The summed E-state index contributed by atoms with van der Waals surface area (Å²) in [6, 6.07) is 2.70. The number of fused-ring (bicyclic) bond motifs is 1. The van der Waals surface area contributed by atoms with Gasteiger partial charge in [-0.2, -0.15) is 13.2 Å². The quantitative estimate of drug-likeness (QED) is 0.247. The topological polar surface area (TPSA) is 69.2 Å². The molecule has 0 N–H and O–H groups in total. The summed E-state index contributed by atoms with van der Waals surface area (Å²) in [6.45, 7) is 3.94. The lowest BCUT2D eigenvalue weighted by molar-refractivity contribution is -0.141. The number of nitrogens with zero attached hydrogens (tertiary/aromatic N) is 5. The predicted octanol–water partition coefficient (Wildman–Crippen LogP) is 4.70. The molecule has 1 aromatic carbocycles. The number of aromatic nitrogens is 4. The Morgan fingerprint density at radius 3 is 2.77 bits per heavy atom. The maximum atomic E-state index is 15.1. The Morgan fingerprint density at radius 2 is 2.09 bits per heavy atom. The molecule has 2 aliphatic rings. The molecule has 7 nitrogen and oxygen atoms in total. The Labute approximate surface area is 203 Å². The largest absolute Gasteiger partial charge is 0.496 e. The first-order valence-corrected chi connectivity index (χ1v) is 12.2. The number of halogens is 4. The number of oxazole rings is 1. The molecule has 188 valence electrons. The van der Waals surface area contributed by atoms with Gasteiger partial charge in [0.15, 0.2) is 17.3 Å². The molecule has 12 heteroatoms. The number of piperidine rings is 1. The van der Waals surface area contributed by atoms with Crippen LogP contribution in [0.3, 0.4) is 0 Å². The van der Waals surface area contributed by atoms with Crippen molar-refractivity contribution < 1.29 is 26.7 Å². The summed E-state index contributed by atoms with van der Waals surface area (Å²) in [5, 5.41) is 9.20. The number of hydrogen-bond donors (Lipinski definition) is 0. The first-order valence-electron chi connectivity index (χ1n) is 11.2. The molecule has 1 aliphatic carbocycles. The normalized spacial score (nSPS) is 22.0. The molecule has 2 unspecified atom stereocenters. The molecule has 0 spiro atoms. The molecule has 1 saturated heterocycles. The third-order valence-electron chi connectivity index (χ3n) is 6.99. The lowest BCUT2D eigenvalue weighted by Gasteiger charge is -2.23. The summed E-state index contributed by atoms with van der Waals surface area (Å²) in [6.07, 6.45) is -1.87. The number of aryl methyl sites for hydroxylation is 1. The fourth-order valence-corrected chi connectivity index (χ4v) is 5.99. The highest BCUT2D eigenvalue weighted by molar-refractivity contribution is 7.99. The molecule has 3 heterocycles. The number of likely N-dealkylation sites (tertiary alicyclic amines) is 1. The zero-order chi connectivity index (χ0) is 25.0. The summed E-state index contributed by atoms with van der Waals surface area (Å²) >= 11 is 1.57. The van der Waals surface area contributed by atoms with Crippen LogP contribution in [0.5, 0.6) is 5.75 Å². The van der Waals surface area contributed by atoms with E-state index in [1.807, 2.05) is 18.5 Å². The van der Waals surface area contributed by atoms with Gasteiger partial charge >= 0.3 is 6.18 Å². The van der Waals surface area contributed by atoms with E-state index in [0.29, 0.717) is 24.6 Å². The van der Waals surface area contributed by atoms with Crippen molar-refractivity contribution in [2.75, 3.05) is 32.5 Å². The number of benzene rings is 1. The number of hydrogen-bond acceptors (Lipinski definition) is 7. The zero-order valence-electron chi connectivity index (χ0n) is 19.5. The van der Waals surface area contributed by atoms with Gasteiger partial charge in [0.05, 0.1) is 12.8 Å². The van der Waals surface area contributed by atoms with Crippen LogP contribution in [0.4, 0.5) is 17.6 Å². The third kappa shape index (κ3) is 4.20. The molecule has 3 aromatic rings. The first-order chi connectivity index (χ1) is 16.7. The van der Waals surface area contributed by atoms with E-state index in [4.69, 9.17) is 9.15 Å². The maximum absolute atomic E-state index is 15.1. The smallest absolute Gasteiger partial charge is 0.422 e. The minimum Gasteiger partial charge on any atom is -0.496 e. The average Bonchev–Trinajstić information content (AvgIpc) is 3.09. The average molecular weight is 512 g/mol. The van der Waals surface area contributed by atoms with Crippen LogP contribution >= 0.6 is 11.8 Å². The van der Waals surface area contributed by atoms with Gasteiger partial charge in [-0.15, -0.1) is 10.2 Å². The fourth-order valence-electron chi connectivity index (χ4n) is 5.16. The maximum Gasteiger partial charge on any atom is 0.422 e. The van der Waals surface area contributed by atoms with Gasteiger partial charge in [0.1, 0.15) is 17.1 Å². The number of ether oxygens (including phenoxy) is 1.